The number of carbonyl (C=O) groups excluding carboxylic acids is 1. The Bertz CT molecular complexity index is 1260. The number of nitrogens with zero attached hydrogens (tertiary/aromatic N) is 2. The van der Waals surface area contributed by atoms with Crippen molar-refractivity contribution in [3.05, 3.63) is 94.5 Å². The number of hydrogen-bond acceptors (Lipinski definition) is 3. The minimum atomic E-state index is -3.91. The van der Waals surface area contributed by atoms with Crippen LogP contribution in [0.25, 0.3) is 0 Å². The lowest BCUT2D eigenvalue weighted by Gasteiger charge is -2.28. The molecule has 0 fully saturated rings. The Kier molecular flexibility index (Phi) is 6.41. The van der Waals surface area contributed by atoms with Crippen molar-refractivity contribution in [2.75, 3.05) is 11.4 Å². The Morgan fingerprint density at radius 1 is 0.970 bits per heavy atom. The third-order valence-corrected chi connectivity index (χ3v) is 8.29. The minimum absolute atomic E-state index is 0.0148. The van der Waals surface area contributed by atoms with E-state index in [0.717, 1.165) is 28.8 Å². The molecule has 0 radical (unpaired) electrons. The van der Waals surface area contributed by atoms with Crippen LogP contribution in [0.15, 0.2) is 71.6 Å². The van der Waals surface area contributed by atoms with Crippen LogP contribution in [0, 0.1) is 20.8 Å². The van der Waals surface area contributed by atoms with Crippen molar-refractivity contribution in [1.29, 1.82) is 0 Å². The Morgan fingerprint density at radius 3 is 2.24 bits per heavy atom. The molecule has 0 aliphatic carbocycles. The number of benzene rings is 3. The standard InChI is InChI=1S/C27H30N2O3S/c1-19-14-20(2)27(21(3)15-19)33(31,32)28(17-23-10-6-5-7-11-23)18-26(30)29-22(4)16-24-12-8-9-13-25(24)29/h5-15,22H,16-18H2,1-4H3/t22-/m0/s1. The van der Waals surface area contributed by atoms with Gasteiger partial charge in [-0.15, -0.1) is 0 Å². The molecule has 3 aromatic rings. The van der Waals surface area contributed by atoms with Gasteiger partial charge >= 0.3 is 0 Å². The van der Waals surface area contributed by atoms with Crippen LogP contribution in [-0.2, 0) is 27.8 Å². The average Bonchev–Trinajstić information content (AvgIpc) is 3.08. The first kappa shape index (κ1) is 23.2. The molecular formula is C27H30N2O3S. The van der Waals surface area contributed by atoms with E-state index in [4.69, 9.17) is 0 Å². The third kappa shape index (κ3) is 4.59. The van der Waals surface area contributed by atoms with Gasteiger partial charge < -0.3 is 4.90 Å². The van der Waals surface area contributed by atoms with E-state index in [1.165, 1.54) is 4.31 Å². The molecule has 1 aliphatic rings. The summed E-state index contributed by atoms with van der Waals surface area (Å²) in [5, 5.41) is 0. The summed E-state index contributed by atoms with van der Waals surface area (Å²) in [4.78, 5) is 15.6. The zero-order valence-corrected chi connectivity index (χ0v) is 20.4. The third-order valence-electron chi connectivity index (χ3n) is 6.19. The van der Waals surface area contributed by atoms with E-state index in [1.54, 1.807) is 4.90 Å². The van der Waals surface area contributed by atoms with Crippen molar-refractivity contribution in [3.8, 4) is 0 Å². The molecule has 172 valence electrons. The van der Waals surface area contributed by atoms with Crippen LogP contribution in [-0.4, -0.2) is 31.2 Å². The van der Waals surface area contributed by atoms with E-state index in [0.29, 0.717) is 11.1 Å². The summed E-state index contributed by atoms with van der Waals surface area (Å²) in [7, 11) is -3.91. The van der Waals surface area contributed by atoms with Crippen LogP contribution >= 0.6 is 0 Å². The van der Waals surface area contributed by atoms with Crippen molar-refractivity contribution in [2.45, 2.75) is 51.6 Å². The summed E-state index contributed by atoms with van der Waals surface area (Å²) in [5.41, 5.74) is 5.22. The molecule has 1 heterocycles. The fourth-order valence-corrected chi connectivity index (χ4v) is 6.68. The maximum absolute atomic E-state index is 13.9. The number of amides is 1. The fraction of sp³-hybridized carbons (Fsp3) is 0.296. The second-order valence-corrected chi connectivity index (χ2v) is 10.8. The first-order chi connectivity index (χ1) is 15.7. The van der Waals surface area contributed by atoms with E-state index in [2.05, 4.69) is 0 Å². The highest BCUT2D eigenvalue weighted by atomic mass is 32.2. The number of carbonyl (C=O) groups is 1. The topological polar surface area (TPSA) is 57.7 Å². The number of sulfonamides is 1. The second-order valence-electron chi connectivity index (χ2n) is 8.93. The van der Waals surface area contributed by atoms with Gasteiger partial charge in [0.1, 0.15) is 0 Å². The van der Waals surface area contributed by atoms with Crippen molar-refractivity contribution < 1.29 is 13.2 Å². The van der Waals surface area contributed by atoms with E-state index in [1.807, 2.05) is 94.4 Å². The lowest BCUT2D eigenvalue weighted by atomic mass is 10.1. The maximum atomic E-state index is 13.9. The van der Waals surface area contributed by atoms with Crippen LogP contribution in [0.4, 0.5) is 5.69 Å². The van der Waals surface area contributed by atoms with Crippen LogP contribution in [0.1, 0.15) is 34.7 Å². The SMILES string of the molecule is Cc1cc(C)c(S(=O)(=O)N(CC(=O)N2c3ccccc3C[C@@H]2C)Cc2ccccc2)c(C)c1. The minimum Gasteiger partial charge on any atom is -0.308 e. The highest BCUT2D eigenvalue weighted by molar-refractivity contribution is 7.89. The van der Waals surface area contributed by atoms with Crippen LogP contribution in [0.5, 0.6) is 0 Å². The number of para-hydroxylation sites is 1. The predicted molar refractivity (Wildman–Crippen MR) is 132 cm³/mol. The molecule has 5 nitrogen and oxygen atoms in total. The Hall–Kier alpha value is -2.96. The van der Waals surface area contributed by atoms with E-state index in [9.17, 15) is 13.2 Å². The molecule has 0 saturated heterocycles. The van der Waals surface area contributed by atoms with E-state index >= 15 is 0 Å². The van der Waals surface area contributed by atoms with Gasteiger partial charge in [-0.1, -0.05) is 66.2 Å². The van der Waals surface area contributed by atoms with Crippen molar-refractivity contribution >= 4 is 21.6 Å². The van der Waals surface area contributed by atoms with Gasteiger partial charge in [0.25, 0.3) is 0 Å². The van der Waals surface area contributed by atoms with Gasteiger partial charge in [0, 0.05) is 18.3 Å². The van der Waals surface area contributed by atoms with Gasteiger partial charge in [-0.05, 0) is 62.4 Å². The summed E-state index contributed by atoms with van der Waals surface area (Å²) >= 11 is 0. The summed E-state index contributed by atoms with van der Waals surface area (Å²) in [6.07, 6.45) is 0.767. The Balaban J connectivity index is 1.73. The van der Waals surface area contributed by atoms with Crippen molar-refractivity contribution in [2.24, 2.45) is 0 Å². The summed E-state index contributed by atoms with van der Waals surface area (Å²) in [6, 6.07) is 21.0. The molecule has 0 N–H and O–H groups in total. The molecule has 0 bridgehead atoms. The molecule has 3 aromatic carbocycles. The normalized spacial score (nSPS) is 15.7. The molecule has 0 spiro atoms. The number of aryl methyl sites for hydroxylation is 3. The molecule has 0 saturated carbocycles. The number of anilines is 1. The lowest BCUT2D eigenvalue weighted by molar-refractivity contribution is -0.119. The molecule has 4 rings (SSSR count). The molecule has 0 unspecified atom stereocenters. The number of rotatable bonds is 6. The average molecular weight is 463 g/mol. The zero-order chi connectivity index (χ0) is 23.8. The van der Waals surface area contributed by atoms with Gasteiger partial charge in [0.2, 0.25) is 15.9 Å². The fourth-order valence-electron chi connectivity index (χ4n) is 4.89. The van der Waals surface area contributed by atoms with Crippen LogP contribution in [0.2, 0.25) is 0 Å². The molecule has 0 aromatic heterocycles. The van der Waals surface area contributed by atoms with Crippen molar-refractivity contribution in [3.63, 3.8) is 0 Å². The zero-order valence-electron chi connectivity index (χ0n) is 19.6. The lowest BCUT2D eigenvalue weighted by Crippen LogP contribution is -2.45. The van der Waals surface area contributed by atoms with E-state index in [-0.39, 0.29) is 29.9 Å². The second kappa shape index (κ2) is 9.12. The quantitative estimate of drug-likeness (QED) is 0.530. The largest absolute Gasteiger partial charge is 0.308 e. The first-order valence-electron chi connectivity index (χ1n) is 11.2. The Labute approximate surface area is 196 Å². The summed E-state index contributed by atoms with van der Waals surface area (Å²) in [6.45, 7) is 7.49. The monoisotopic (exact) mass is 462 g/mol. The highest BCUT2D eigenvalue weighted by Gasteiger charge is 2.35. The van der Waals surface area contributed by atoms with Gasteiger partial charge in [0.05, 0.1) is 11.4 Å². The molecular weight excluding hydrogens is 432 g/mol. The molecule has 33 heavy (non-hydrogen) atoms. The first-order valence-corrected chi connectivity index (χ1v) is 12.6. The van der Waals surface area contributed by atoms with Gasteiger partial charge in [0.15, 0.2) is 0 Å². The molecule has 1 atom stereocenters. The summed E-state index contributed by atoms with van der Waals surface area (Å²) in [5.74, 6) is -0.214. The van der Waals surface area contributed by atoms with Crippen LogP contribution < -0.4 is 4.90 Å². The van der Waals surface area contributed by atoms with Crippen molar-refractivity contribution in [1.82, 2.24) is 4.31 Å². The van der Waals surface area contributed by atoms with Gasteiger partial charge in [-0.25, -0.2) is 8.42 Å². The number of fused-ring (bicyclic) bond motifs is 1. The molecule has 6 heteroatoms. The number of hydrogen-bond donors (Lipinski definition) is 0. The molecule has 1 aliphatic heterocycles. The van der Waals surface area contributed by atoms with Gasteiger partial charge in [-0.2, -0.15) is 4.31 Å². The Morgan fingerprint density at radius 2 is 1.58 bits per heavy atom. The van der Waals surface area contributed by atoms with Gasteiger partial charge in [-0.3, -0.25) is 4.79 Å². The predicted octanol–water partition coefficient (Wildman–Crippen LogP) is 4.78. The van der Waals surface area contributed by atoms with Crippen LogP contribution in [0.3, 0.4) is 0 Å². The molecule has 1 amide bonds. The summed E-state index contributed by atoms with van der Waals surface area (Å²) < 4.78 is 29.2. The smallest absolute Gasteiger partial charge is 0.244 e. The van der Waals surface area contributed by atoms with E-state index < -0.39 is 10.0 Å². The maximum Gasteiger partial charge on any atom is 0.244 e. The highest BCUT2D eigenvalue weighted by Crippen LogP contribution is 2.33.